The average molecular weight is 1030 g/mol. The third kappa shape index (κ3) is 11.8. The first-order valence-corrected chi connectivity index (χ1v) is 24.3. The van der Waals surface area contributed by atoms with Gasteiger partial charge in [0.05, 0.1) is 36.4 Å². The predicted molar refractivity (Wildman–Crippen MR) is 257 cm³/mol. The number of hydrogen-bond donors (Lipinski definition) is 10. The van der Waals surface area contributed by atoms with Gasteiger partial charge in [-0.1, -0.05) is 42.5 Å². The van der Waals surface area contributed by atoms with Gasteiger partial charge >= 0.3 is 6.09 Å². The van der Waals surface area contributed by atoms with Crippen molar-refractivity contribution in [3.63, 3.8) is 0 Å². The van der Waals surface area contributed by atoms with E-state index in [0.717, 1.165) is 5.56 Å². The van der Waals surface area contributed by atoms with E-state index in [1.54, 1.807) is 24.3 Å². The summed E-state index contributed by atoms with van der Waals surface area (Å²) in [5.41, 5.74) is 1.86. The van der Waals surface area contributed by atoms with Gasteiger partial charge in [0.2, 0.25) is 29.4 Å². The van der Waals surface area contributed by atoms with Crippen LogP contribution in [0, 0.1) is 0 Å². The fourth-order valence-corrected chi connectivity index (χ4v) is 10.0. The number of nitrogens with two attached hydrogens (primary N) is 1. The van der Waals surface area contributed by atoms with Crippen molar-refractivity contribution in [2.45, 2.75) is 126 Å². The minimum Gasteiger partial charge on any atom is -0.507 e. The van der Waals surface area contributed by atoms with E-state index in [1.165, 1.54) is 44.1 Å². The highest BCUT2D eigenvalue weighted by Gasteiger charge is 2.51. The number of ether oxygens (including phenoxy) is 4. The Morgan fingerprint density at radius 1 is 0.919 bits per heavy atom. The van der Waals surface area contributed by atoms with Crippen LogP contribution in [0.2, 0.25) is 0 Å². The Labute approximate surface area is 425 Å². The first-order chi connectivity index (χ1) is 35.2. The van der Waals surface area contributed by atoms with Gasteiger partial charge in [0.1, 0.15) is 54.2 Å². The Bertz CT molecular complexity index is 2680. The van der Waals surface area contributed by atoms with Crippen LogP contribution in [0.15, 0.2) is 48.5 Å². The number of carbonyl (C=O) groups is 8. The largest absolute Gasteiger partial charge is 0.507 e. The molecular formula is C51H62N6O17. The van der Waals surface area contributed by atoms with Gasteiger partial charge in [-0.25, -0.2) is 4.79 Å². The first-order valence-electron chi connectivity index (χ1n) is 24.3. The van der Waals surface area contributed by atoms with Crippen molar-refractivity contribution in [3.05, 3.63) is 87.5 Å². The SMILES string of the molecule is COc1cccc2c1C(=O)c1c(O)c3c(c(O)c1C2=O)C[C@@](O)(C(=O)CO)C[C@@H]3OC1CC(NC(=O)C2CCCN2C(=O)CNC(=O)[C@H](C)NC(=O)[C@H](CCCCN)NC(=O)OCc2ccccc2)CC(C)(O)O1. The second-order valence-corrected chi connectivity index (χ2v) is 19.1. The van der Waals surface area contributed by atoms with E-state index in [4.69, 9.17) is 24.7 Å². The van der Waals surface area contributed by atoms with Crippen molar-refractivity contribution in [1.82, 2.24) is 26.2 Å². The molecule has 2 saturated heterocycles. The molecule has 4 unspecified atom stereocenters. The van der Waals surface area contributed by atoms with Gasteiger partial charge < -0.3 is 76.4 Å². The number of amides is 5. The van der Waals surface area contributed by atoms with E-state index in [9.17, 15) is 63.9 Å². The number of methoxy groups -OCH3 is 1. The highest BCUT2D eigenvalue weighted by atomic mass is 16.7. The molecule has 5 amide bonds. The van der Waals surface area contributed by atoms with Crippen molar-refractivity contribution < 1.29 is 82.8 Å². The molecule has 3 aromatic rings. The smallest absolute Gasteiger partial charge is 0.408 e. The van der Waals surface area contributed by atoms with Crippen molar-refractivity contribution in [2.24, 2.45) is 5.73 Å². The summed E-state index contributed by atoms with van der Waals surface area (Å²) in [5.74, 6) is -9.01. The van der Waals surface area contributed by atoms with Gasteiger partial charge in [-0.2, -0.15) is 0 Å². The number of carbonyl (C=O) groups excluding carboxylic acids is 8. The second kappa shape index (κ2) is 23.0. The summed E-state index contributed by atoms with van der Waals surface area (Å²) in [6.07, 6.45) is -3.73. The van der Waals surface area contributed by atoms with E-state index < -0.39 is 144 Å². The maximum absolute atomic E-state index is 14.1. The van der Waals surface area contributed by atoms with Crippen LogP contribution in [-0.4, -0.2) is 153 Å². The number of alkyl carbamates (subject to hydrolysis) is 1. The van der Waals surface area contributed by atoms with E-state index >= 15 is 0 Å². The van der Waals surface area contributed by atoms with Crippen LogP contribution in [0.5, 0.6) is 17.2 Å². The van der Waals surface area contributed by atoms with Crippen LogP contribution in [0.4, 0.5) is 4.79 Å². The lowest BCUT2D eigenvalue weighted by Crippen LogP contribution is -2.56. The fourth-order valence-electron chi connectivity index (χ4n) is 10.0. The van der Waals surface area contributed by atoms with Gasteiger partial charge in [0.25, 0.3) is 0 Å². The van der Waals surface area contributed by atoms with Crippen LogP contribution in [0.25, 0.3) is 0 Å². The molecule has 23 nitrogen and oxygen atoms in total. The number of benzene rings is 3. The summed E-state index contributed by atoms with van der Waals surface area (Å²) in [5, 5.41) is 66.9. The summed E-state index contributed by atoms with van der Waals surface area (Å²) >= 11 is 0. The number of nitrogens with one attached hydrogen (secondary N) is 4. The summed E-state index contributed by atoms with van der Waals surface area (Å²) < 4.78 is 22.7. The molecule has 3 aromatic carbocycles. The third-order valence-electron chi connectivity index (χ3n) is 13.7. The van der Waals surface area contributed by atoms with Crippen LogP contribution in [0.1, 0.15) is 120 Å². The van der Waals surface area contributed by atoms with Crippen LogP contribution >= 0.6 is 0 Å². The monoisotopic (exact) mass is 1030 g/mol. The minimum absolute atomic E-state index is 0.0180. The molecule has 0 saturated carbocycles. The number of hydrogen-bond acceptors (Lipinski definition) is 18. The number of ketones is 3. The molecule has 0 spiro atoms. The zero-order chi connectivity index (χ0) is 53.6. The molecule has 0 radical (unpaired) electrons. The number of likely N-dealkylation sites (tertiary alicyclic amines) is 1. The first kappa shape index (κ1) is 54.7. The van der Waals surface area contributed by atoms with Crippen LogP contribution in [-0.2, 0) is 51.2 Å². The summed E-state index contributed by atoms with van der Waals surface area (Å²) in [6, 6.07) is 9.04. The normalized spacial score (nSPS) is 23.8. The molecule has 7 rings (SSSR count). The molecule has 8 atom stereocenters. The lowest BCUT2D eigenvalue weighted by molar-refractivity contribution is -0.322. The van der Waals surface area contributed by atoms with Crippen molar-refractivity contribution >= 4 is 47.1 Å². The van der Waals surface area contributed by atoms with Gasteiger partial charge in [-0.3, -0.25) is 33.6 Å². The molecule has 0 bridgehead atoms. The Morgan fingerprint density at radius 2 is 1.65 bits per heavy atom. The lowest BCUT2D eigenvalue weighted by atomic mass is 9.72. The van der Waals surface area contributed by atoms with Gasteiger partial charge in [-0.15, -0.1) is 0 Å². The zero-order valence-electron chi connectivity index (χ0n) is 41.1. The van der Waals surface area contributed by atoms with Gasteiger partial charge in [0, 0.05) is 55.0 Å². The minimum atomic E-state index is -2.44. The van der Waals surface area contributed by atoms with Crippen LogP contribution < -0.4 is 31.7 Å². The standard InChI is InChI=1S/C51H62N6O17/c1-26(54-47(66)31(14-7-8-17-52)56-49(68)72-25-27-11-5-4-6-12-27)46(65)53-23-36(60)57-18-10-15-32(57)48(67)55-28-19-37(74-50(2,69)20-28)73-34-22-51(70,35(59)24-58)21-30-39(34)45(64)41-40(43(30)62)42(61)29-13-9-16-33(71-3)38(29)44(41)63/h4-6,9,11-13,16,26,28,31-32,34,37,58,62,64,69-70H,7-8,10,14-15,17-25,52H2,1-3H3,(H,53,65)(H,54,66)(H,55,67)(H,56,68)/t26-,28?,31-,32?,34-,37?,50?,51-/m0/s1. The van der Waals surface area contributed by atoms with E-state index in [-0.39, 0.29) is 66.8 Å². The summed E-state index contributed by atoms with van der Waals surface area (Å²) in [6.45, 7) is 1.50. The number of rotatable bonds is 19. The van der Waals surface area contributed by atoms with Gasteiger partial charge in [-0.05, 0) is 64.1 Å². The molecular weight excluding hydrogens is 969 g/mol. The number of nitrogens with zero attached hydrogens (tertiary/aromatic N) is 1. The molecule has 74 heavy (non-hydrogen) atoms. The number of aliphatic hydroxyl groups excluding tert-OH is 1. The zero-order valence-corrected chi connectivity index (χ0v) is 41.1. The number of unbranched alkanes of at least 4 members (excludes halogenated alkanes) is 1. The molecule has 2 aliphatic heterocycles. The van der Waals surface area contributed by atoms with Crippen molar-refractivity contribution in [3.8, 4) is 17.2 Å². The molecule has 11 N–H and O–H groups in total. The molecule has 4 aliphatic rings. The molecule has 0 aromatic heterocycles. The molecule has 2 aliphatic carbocycles. The molecule has 2 heterocycles. The highest BCUT2D eigenvalue weighted by Crippen LogP contribution is 2.52. The number of phenols is 2. The van der Waals surface area contributed by atoms with E-state index in [1.807, 2.05) is 6.07 Å². The van der Waals surface area contributed by atoms with Gasteiger partial charge in [0.15, 0.2) is 23.6 Å². The Balaban J connectivity index is 0.996. The number of Topliss-reactive ketones (excluding diaryl/α,β-unsaturated/α-hetero) is 1. The van der Waals surface area contributed by atoms with E-state index in [2.05, 4.69) is 21.3 Å². The van der Waals surface area contributed by atoms with Crippen molar-refractivity contribution in [2.75, 3.05) is 33.4 Å². The fraction of sp³-hybridized carbons (Fsp3) is 0.490. The quantitative estimate of drug-likeness (QED) is 0.0453. The van der Waals surface area contributed by atoms with Crippen molar-refractivity contribution in [1.29, 1.82) is 0 Å². The Kier molecular flexibility index (Phi) is 17.0. The maximum Gasteiger partial charge on any atom is 0.408 e. The maximum atomic E-state index is 14.1. The third-order valence-corrected chi connectivity index (χ3v) is 13.7. The lowest BCUT2D eigenvalue weighted by Gasteiger charge is -2.43. The number of aliphatic hydroxyl groups is 3. The predicted octanol–water partition coefficient (Wildman–Crippen LogP) is 0.544. The highest BCUT2D eigenvalue weighted by molar-refractivity contribution is 6.31. The second-order valence-electron chi connectivity index (χ2n) is 19.1. The molecule has 398 valence electrons. The summed E-state index contributed by atoms with van der Waals surface area (Å²) in [7, 11) is 1.28. The average Bonchev–Trinajstić information content (AvgIpc) is 3.87. The number of fused-ring (bicyclic) bond motifs is 3. The Hall–Kier alpha value is -7.02. The molecule has 2 fully saturated rings. The molecule has 23 heteroatoms. The van der Waals surface area contributed by atoms with Crippen LogP contribution in [0.3, 0.4) is 0 Å². The number of phenolic OH excluding ortho intramolecular Hbond substituents is 2. The topological polar surface area (TPSA) is 352 Å². The summed E-state index contributed by atoms with van der Waals surface area (Å²) in [4.78, 5) is 109. The van der Waals surface area contributed by atoms with E-state index in [0.29, 0.717) is 25.8 Å². The Morgan fingerprint density at radius 3 is 2.35 bits per heavy atom. The number of aromatic hydroxyl groups is 2.